The molecule has 142 valence electrons. The molecule has 3 N–H and O–H groups in total. The maximum absolute atomic E-state index is 12.4. The number of nitrogens with two attached hydrogens (primary N) is 1. The van der Waals surface area contributed by atoms with Crippen LogP contribution in [0.4, 0.5) is 0 Å². The molecule has 0 bridgehead atoms. The number of hydrogen-bond acceptors (Lipinski definition) is 4. The molecule has 3 rings (SSSR count). The summed E-state index contributed by atoms with van der Waals surface area (Å²) in [5.74, 6) is 1.03. The van der Waals surface area contributed by atoms with Gasteiger partial charge in [0.2, 0.25) is 0 Å². The van der Waals surface area contributed by atoms with E-state index in [4.69, 9.17) is 22.1 Å². The second-order valence-corrected chi connectivity index (χ2v) is 6.42. The first-order valence-corrected chi connectivity index (χ1v) is 8.43. The van der Waals surface area contributed by atoms with Gasteiger partial charge in [0.1, 0.15) is 11.5 Å². The average Bonchev–Trinajstić information content (AvgIpc) is 2.59. The highest BCUT2D eigenvalue weighted by molar-refractivity contribution is 6.32. The number of hydrogen-bond donors (Lipinski definition) is 2. The molecule has 5 nitrogen and oxygen atoms in total. The number of carbonyl (C=O) groups excluding carboxylic acids is 1. The van der Waals surface area contributed by atoms with Gasteiger partial charge in [-0.2, -0.15) is 0 Å². The molecule has 1 amide bonds. The van der Waals surface area contributed by atoms with Crippen molar-refractivity contribution in [1.29, 1.82) is 0 Å². The highest BCUT2D eigenvalue weighted by atomic mass is 35.5. The van der Waals surface area contributed by atoms with E-state index in [0.717, 1.165) is 25.7 Å². The maximum atomic E-state index is 12.4. The lowest BCUT2D eigenvalue weighted by atomic mass is 9.91. The van der Waals surface area contributed by atoms with Crippen molar-refractivity contribution in [1.82, 2.24) is 10.3 Å². The first-order chi connectivity index (χ1) is 11.6. The van der Waals surface area contributed by atoms with E-state index in [9.17, 15) is 4.79 Å². The summed E-state index contributed by atoms with van der Waals surface area (Å²) in [4.78, 5) is 16.3. The zero-order chi connectivity index (χ0) is 16.9. The zero-order valence-electron chi connectivity index (χ0n) is 14.1. The Hall–Kier alpha value is -1.53. The summed E-state index contributed by atoms with van der Waals surface area (Å²) in [6, 6.07) is 8.97. The molecule has 0 unspecified atom stereocenters. The molecule has 0 radical (unpaired) electrons. The summed E-state index contributed by atoms with van der Waals surface area (Å²) in [6.07, 6.45) is 7.02. The number of nitrogens with zero attached hydrogens (tertiary/aromatic N) is 1. The molecule has 8 heteroatoms. The van der Waals surface area contributed by atoms with E-state index in [1.807, 2.05) is 0 Å². The second-order valence-electron chi connectivity index (χ2n) is 6.02. The third kappa shape index (κ3) is 6.02. The van der Waals surface area contributed by atoms with E-state index in [1.165, 1.54) is 0 Å². The van der Waals surface area contributed by atoms with Crippen molar-refractivity contribution in [2.45, 2.75) is 37.8 Å². The Kier molecular flexibility index (Phi) is 9.16. The van der Waals surface area contributed by atoms with Crippen LogP contribution in [-0.2, 0) is 0 Å². The first kappa shape index (κ1) is 22.5. The van der Waals surface area contributed by atoms with Crippen molar-refractivity contribution in [3.63, 3.8) is 0 Å². The quantitative estimate of drug-likeness (QED) is 0.773. The molecule has 0 aliphatic heterocycles. The Labute approximate surface area is 170 Å². The van der Waals surface area contributed by atoms with Crippen LogP contribution >= 0.6 is 36.4 Å². The number of rotatable bonds is 4. The maximum Gasteiger partial charge on any atom is 0.251 e. The standard InChI is InChI=1S/C18H20ClN3O2.2ClH/c19-16-11-12(18(23)22-14-4-2-13(20)3-5-14)1-6-17(16)24-15-7-9-21-10-8-15;;/h1,6-11,13-14H,2-5,20H2,(H,22,23);2*1H. The first-order valence-electron chi connectivity index (χ1n) is 8.05. The second kappa shape index (κ2) is 10.6. The van der Waals surface area contributed by atoms with E-state index < -0.39 is 0 Å². The van der Waals surface area contributed by atoms with E-state index >= 15 is 0 Å². The lowest BCUT2D eigenvalue weighted by Crippen LogP contribution is -2.40. The number of benzene rings is 1. The summed E-state index contributed by atoms with van der Waals surface area (Å²) in [5, 5.41) is 3.44. The van der Waals surface area contributed by atoms with Crippen LogP contribution in [0.2, 0.25) is 5.02 Å². The number of aromatic nitrogens is 1. The Bertz CT molecular complexity index is 708. The van der Waals surface area contributed by atoms with Crippen LogP contribution in [0.5, 0.6) is 11.5 Å². The van der Waals surface area contributed by atoms with Gasteiger partial charge in [0.15, 0.2) is 0 Å². The van der Waals surface area contributed by atoms with E-state index in [-0.39, 0.29) is 42.8 Å². The summed E-state index contributed by atoms with van der Waals surface area (Å²) in [7, 11) is 0. The van der Waals surface area contributed by atoms with Crippen LogP contribution in [0, 0.1) is 0 Å². The lowest BCUT2D eigenvalue weighted by molar-refractivity contribution is 0.0926. The molecule has 0 spiro atoms. The fourth-order valence-electron chi connectivity index (χ4n) is 2.79. The van der Waals surface area contributed by atoms with Gasteiger partial charge in [-0.1, -0.05) is 11.6 Å². The van der Waals surface area contributed by atoms with Gasteiger partial charge in [0.05, 0.1) is 5.02 Å². The Morgan fingerprint density at radius 1 is 1.12 bits per heavy atom. The molecule has 1 heterocycles. The van der Waals surface area contributed by atoms with Crippen LogP contribution in [0.3, 0.4) is 0 Å². The largest absolute Gasteiger partial charge is 0.456 e. The van der Waals surface area contributed by atoms with Gasteiger partial charge < -0.3 is 15.8 Å². The van der Waals surface area contributed by atoms with Crippen molar-refractivity contribution < 1.29 is 9.53 Å². The molecule has 0 saturated heterocycles. The van der Waals surface area contributed by atoms with Gasteiger partial charge in [0, 0.05) is 30.0 Å². The Balaban J connectivity index is 0.00000169. The molecule has 0 atom stereocenters. The van der Waals surface area contributed by atoms with Crippen LogP contribution < -0.4 is 15.8 Å². The van der Waals surface area contributed by atoms with Crippen molar-refractivity contribution in [2.24, 2.45) is 5.73 Å². The Morgan fingerprint density at radius 2 is 1.77 bits per heavy atom. The molecule has 1 aromatic carbocycles. The van der Waals surface area contributed by atoms with Gasteiger partial charge in [-0.25, -0.2) is 0 Å². The third-order valence-electron chi connectivity index (χ3n) is 4.18. The summed E-state index contributed by atoms with van der Waals surface area (Å²) in [5.41, 5.74) is 6.42. The number of ether oxygens (including phenoxy) is 1. The van der Waals surface area contributed by atoms with Gasteiger partial charge >= 0.3 is 0 Å². The van der Waals surface area contributed by atoms with Gasteiger partial charge in [-0.05, 0) is 56.0 Å². The number of carbonyl (C=O) groups is 1. The van der Waals surface area contributed by atoms with Crippen molar-refractivity contribution >= 4 is 42.3 Å². The lowest BCUT2D eigenvalue weighted by Gasteiger charge is -2.26. The average molecular weight is 419 g/mol. The van der Waals surface area contributed by atoms with E-state index in [2.05, 4.69) is 10.3 Å². The van der Waals surface area contributed by atoms with Crippen LogP contribution in [0.15, 0.2) is 42.7 Å². The SMILES string of the molecule is Cl.Cl.NC1CCC(NC(=O)c2ccc(Oc3ccncc3)c(Cl)c2)CC1. The highest BCUT2D eigenvalue weighted by Crippen LogP contribution is 2.30. The fraction of sp³-hybridized carbons (Fsp3) is 0.333. The molecule has 1 saturated carbocycles. The normalized spacial score (nSPS) is 18.8. The summed E-state index contributed by atoms with van der Waals surface area (Å²) >= 11 is 6.25. The summed E-state index contributed by atoms with van der Waals surface area (Å²) in [6.45, 7) is 0. The van der Waals surface area contributed by atoms with E-state index in [1.54, 1.807) is 42.7 Å². The molecule has 26 heavy (non-hydrogen) atoms. The molecular formula is C18H22Cl3N3O2. The number of pyridine rings is 1. The van der Waals surface area contributed by atoms with Crippen LogP contribution in [0.1, 0.15) is 36.0 Å². The van der Waals surface area contributed by atoms with Gasteiger partial charge in [-0.15, -0.1) is 24.8 Å². The number of nitrogens with one attached hydrogen (secondary N) is 1. The smallest absolute Gasteiger partial charge is 0.251 e. The minimum Gasteiger partial charge on any atom is -0.456 e. The van der Waals surface area contributed by atoms with Crippen molar-refractivity contribution in [3.05, 3.63) is 53.3 Å². The number of amides is 1. The third-order valence-corrected chi connectivity index (χ3v) is 4.47. The fourth-order valence-corrected chi connectivity index (χ4v) is 3.01. The molecular weight excluding hydrogens is 397 g/mol. The molecule has 1 fully saturated rings. The molecule has 2 aromatic rings. The topological polar surface area (TPSA) is 77.2 Å². The van der Waals surface area contributed by atoms with Crippen LogP contribution in [0.25, 0.3) is 0 Å². The van der Waals surface area contributed by atoms with Gasteiger partial charge in [-0.3, -0.25) is 9.78 Å². The monoisotopic (exact) mass is 417 g/mol. The Morgan fingerprint density at radius 3 is 2.38 bits per heavy atom. The van der Waals surface area contributed by atoms with Gasteiger partial charge in [0.25, 0.3) is 5.91 Å². The molecule has 1 aliphatic carbocycles. The van der Waals surface area contributed by atoms with Crippen molar-refractivity contribution in [3.8, 4) is 11.5 Å². The zero-order valence-corrected chi connectivity index (χ0v) is 16.4. The van der Waals surface area contributed by atoms with Crippen molar-refractivity contribution in [2.75, 3.05) is 0 Å². The molecule has 1 aromatic heterocycles. The molecule has 1 aliphatic rings. The number of halogens is 3. The van der Waals surface area contributed by atoms with Crippen LogP contribution in [-0.4, -0.2) is 23.0 Å². The van der Waals surface area contributed by atoms with E-state index in [0.29, 0.717) is 22.1 Å². The predicted octanol–water partition coefficient (Wildman–Crippen LogP) is 4.37. The highest BCUT2D eigenvalue weighted by Gasteiger charge is 2.21. The minimum atomic E-state index is -0.118. The predicted molar refractivity (Wildman–Crippen MR) is 108 cm³/mol. The minimum absolute atomic E-state index is 0. The summed E-state index contributed by atoms with van der Waals surface area (Å²) < 4.78 is 5.69.